The predicted molar refractivity (Wildman–Crippen MR) is 121 cm³/mol. The zero-order chi connectivity index (χ0) is 20.7. The molecule has 0 saturated carbocycles. The van der Waals surface area contributed by atoms with Gasteiger partial charge in [-0.1, -0.05) is 66.7 Å². The van der Waals surface area contributed by atoms with Gasteiger partial charge in [-0.2, -0.15) is 0 Å². The lowest BCUT2D eigenvalue weighted by molar-refractivity contribution is -0.156. The summed E-state index contributed by atoms with van der Waals surface area (Å²) >= 11 is 1.46. The Hall–Kier alpha value is -2.07. The van der Waals surface area contributed by atoms with Crippen LogP contribution >= 0.6 is 19.6 Å². The molecule has 4 nitrogen and oxygen atoms in total. The van der Waals surface area contributed by atoms with Gasteiger partial charge in [-0.3, -0.25) is 0 Å². The maximum absolute atomic E-state index is 12.6. The molecule has 3 aromatic carbocycles. The van der Waals surface area contributed by atoms with Gasteiger partial charge in [0, 0.05) is 16.6 Å². The van der Waals surface area contributed by atoms with Crippen molar-refractivity contribution in [2.45, 2.75) is 29.8 Å². The van der Waals surface area contributed by atoms with Crippen molar-refractivity contribution in [1.29, 1.82) is 0 Å². The molecule has 0 bridgehead atoms. The highest BCUT2D eigenvalue weighted by atomic mass is 32.2. The molecule has 0 fully saturated rings. The fraction of sp³-hybridized carbons (Fsp3) is 0.261. The highest BCUT2D eigenvalue weighted by molar-refractivity contribution is 8.04. The Kier molecular flexibility index (Phi) is 7.54. The Morgan fingerprint density at radius 3 is 2.41 bits per heavy atom. The fourth-order valence-corrected chi connectivity index (χ4v) is 6.53. The van der Waals surface area contributed by atoms with E-state index < -0.39 is 19.4 Å². The standard InChI is InChI=1S/C23H25O4PS/c24-22(25)23(26,15-7-10-18-8-2-1-3-9-18)16-28(27)17-29-21-14-6-12-19-11-4-5-13-20(19)21/h1-6,8-9,11-14,26,28H,7,10,15-17H2,(H,24,25). The van der Waals surface area contributed by atoms with Crippen LogP contribution in [0.5, 0.6) is 0 Å². The summed E-state index contributed by atoms with van der Waals surface area (Å²) in [6.07, 6.45) is 1.10. The van der Waals surface area contributed by atoms with Crippen LogP contribution in [0.15, 0.2) is 77.7 Å². The van der Waals surface area contributed by atoms with Gasteiger partial charge >= 0.3 is 5.97 Å². The first-order valence-corrected chi connectivity index (χ1v) is 12.4. The van der Waals surface area contributed by atoms with E-state index in [0.29, 0.717) is 18.3 Å². The number of hydrogen-bond acceptors (Lipinski definition) is 4. The minimum Gasteiger partial charge on any atom is -0.479 e. The van der Waals surface area contributed by atoms with Gasteiger partial charge in [-0.05, 0) is 41.7 Å². The average molecular weight is 428 g/mol. The number of aliphatic carboxylic acids is 1. The van der Waals surface area contributed by atoms with E-state index in [4.69, 9.17) is 0 Å². The second kappa shape index (κ2) is 10.1. The van der Waals surface area contributed by atoms with Gasteiger partial charge in [0.2, 0.25) is 0 Å². The first-order chi connectivity index (χ1) is 14.0. The molecule has 0 radical (unpaired) electrons. The number of carbonyl (C=O) groups is 1. The van der Waals surface area contributed by atoms with E-state index in [2.05, 4.69) is 0 Å². The van der Waals surface area contributed by atoms with Crippen molar-refractivity contribution in [1.82, 2.24) is 0 Å². The number of fused-ring (bicyclic) bond motifs is 1. The molecule has 0 aromatic heterocycles. The van der Waals surface area contributed by atoms with Gasteiger partial charge in [0.1, 0.15) is 0 Å². The Labute approximate surface area is 175 Å². The van der Waals surface area contributed by atoms with Gasteiger partial charge in [-0.15, -0.1) is 11.8 Å². The number of rotatable bonds is 10. The summed E-state index contributed by atoms with van der Waals surface area (Å²) in [7, 11) is -2.27. The molecule has 152 valence electrons. The van der Waals surface area contributed by atoms with Crippen molar-refractivity contribution in [2.75, 3.05) is 11.7 Å². The topological polar surface area (TPSA) is 74.6 Å². The second-order valence-corrected chi connectivity index (χ2v) is 10.5. The maximum Gasteiger partial charge on any atom is 0.336 e. The Balaban J connectivity index is 1.58. The Morgan fingerprint density at radius 1 is 0.966 bits per heavy atom. The first-order valence-electron chi connectivity index (χ1n) is 9.60. The van der Waals surface area contributed by atoms with Crippen molar-refractivity contribution < 1.29 is 19.6 Å². The summed E-state index contributed by atoms with van der Waals surface area (Å²) in [5.41, 5.74) is -0.531. The van der Waals surface area contributed by atoms with Crippen LogP contribution in [0.4, 0.5) is 0 Å². The first kappa shape index (κ1) is 21.6. The fourth-order valence-electron chi connectivity index (χ4n) is 3.36. The molecule has 0 amide bonds. The van der Waals surface area contributed by atoms with Gasteiger partial charge < -0.3 is 14.8 Å². The largest absolute Gasteiger partial charge is 0.479 e. The smallest absolute Gasteiger partial charge is 0.336 e. The third-order valence-corrected chi connectivity index (χ3v) is 8.44. The van der Waals surface area contributed by atoms with E-state index in [-0.39, 0.29) is 12.6 Å². The van der Waals surface area contributed by atoms with Crippen LogP contribution < -0.4 is 0 Å². The molecule has 0 aliphatic rings. The minimum atomic E-state index is -2.27. The molecular weight excluding hydrogens is 403 g/mol. The van der Waals surface area contributed by atoms with Crippen molar-refractivity contribution in [3.63, 3.8) is 0 Å². The molecule has 0 aliphatic heterocycles. The zero-order valence-electron chi connectivity index (χ0n) is 16.1. The van der Waals surface area contributed by atoms with Gasteiger partial charge in [0.15, 0.2) is 5.60 Å². The van der Waals surface area contributed by atoms with Gasteiger partial charge in [-0.25, -0.2) is 4.79 Å². The van der Waals surface area contributed by atoms with E-state index in [1.165, 1.54) is 11.8 Å². The van der Waals surface area contributed by atoms with Crippen LogP contribution in [0.3, 0.4) is 0 Å². The van der Waals surface area contributed by atoms with E-state index in [1.54, 1.807) is 0 Å². The molecule has 29 heavy (non-hydrogen) atoms. The number of benzene rings is 3. The van der Waals surface area contributed by atoms with Crippen molar-refractivity contribution >= 4 is 36.3 Å². The SMILES string of the molecule is O=C(O)C(O)(CCCc1ccccc1)C[PH](=O)CSc1cccc2ccccc12. The van der Waals surface area contributed by atoms with E-state index in [9.17, 15) is 19.6 Å². The highest BCUT2D eigenvalue weighted by Gasteiger charge is 2.37. The summed E-state index contributed by atoms with van der Waals surface area (Å²) in [5, 5.41) is 22.3. The van der Waals surface area contributed by atoms with E-state index in [0.717, 1.165) is 21.2 Å². The number of carboxylic acids is 1. The van der Waals surface area contributed by atoms with E-state index in [1.807, 2.05) is 72.8 Å². The molecule has 0 heterocycles. The molecule has 2 atom stereocenters. The lowest BCUT2D eigenvalue weighted by Crippen LogP contribution is -2.41. The maximum atomic E-state index is 12.6. The average Bonchev–Trinajstić information content (AvgIpc) is 2.73. The quantitative estimate of drug-likeness (QED) is 0.339. The van der Waals surface area contributed by atoms with Crippen molar-refractivity contribution in [2.24, 2.45) is 0 Å². The third kappa shape index (κ3) is 5.96. The summed E-state index contributed by atoms with van der Waals surface area (Å²) < 4.78 is 12.6. The molecule has 3 aromatic rings. The number of hydrogen-bond donors (Lipinski definition) is 2. The van der Waals surface area contributed by atoms with Crippen LogP contribution in [-0.4, -0.2) is 33.4 Å². The monoisotopic (exact) mass is 428 g/mol. The number of thioether (sulfide) groups is 1. The van der Waals surface area contributed by atoms with Crippen molar-refractivity contribution in [3.8, 4) is 0 Å². The summed E-state index contributed by atoms with van der Waals surface area (Å²) in [4.78, 5) is 12.7. The van der Waals surface area contributed by atoms with Crippen LogP contribution in [0.2, 0.25) is 0 Å². The molecule has 6 heteroatoms. The van der Waals surface area contributed by atoms with Gasteiger partial charge in [0.25, 0.3) is 0 Å². The van der Waals surface area contributed by atoms with Crippen LogP contribution in [0, 0.1) is 0 Å². The minimum absolute atomic E-state index is 0.0898. The molecular formula is C23H25O4PS. The summed E-state index contributed by atoms with van der Waals surface area (Å²) in [5.74, 6) is -1.29. The number of aliphatic hydroxyl groups is 1. The lowest BCUT2D eigenvalue weighted by Gasteiger charge is -2.23. The molecule has 2 N–H and O–H groups in total. The van der Waals surface area contributed by atoms with Crippen molar-refractivity contribution in [3.05, 3.63) is 78.4 Å². The normalized spacial score (nSPS) is 14.4. The molecule has 0 saturated heterocycles. The second-order valence-electron chi connectivity index (χ2n) is 7.16. The van der Waals surface area contributed by atoms with Crippen LogP contribution in [0.1, 0.15) is 18.4 Å². The molecule has 2 unspecified atom stereocenters. The molecule has 3 rings (SSSR count). The third-order valence-electron chi connectivity index (χ3n) is 4.92. The highest BCUT2D eigenvalue weighted by Crippen LogP contribution is 2.38. The molecule has 0 spiro atoms. The summed E-state index contributed by atoms with van der Waals surface area (Å²) in [6.45, 7) is 0. The zero-order valence-corrected chi connectivity index (χ0v) is 17.9. The summed E-state index contributed by atoms with van der Waals surface area (Å²) in [6, 6.07) is 23.7. The predicted octanol–water partition coefficient (Wildman–Crippen LogP) is 5.29. The number of carboxylic acid groups (broad SMARTS) is 1. The lowest BCUT2D eigenvalue weighted by atomic mass is 9.97. The van der Waals surface area contributed by atoms with Gasteiger partial charge in [0.05, 0.1) is 7.80 Å². The van der Waals surface area contributed by atoms with Crippen LogP contribution in [-0.2, 0) is 15.8 Å². The molecule has 0 aliphatic carbocycles. The Morgan fingerprint density at radius 2 is 1.66 bits per heavy atom. The number of aryl methyl sites for hydroxylation is 1. The van der Waals surface area contributed by atoms with E-state index >= 15 is 0 Å². The Bertz CT molecular complexity index is 987. The van der Waals surface area contributed by atoms with Crippen LogP contribution in [0.25, 0.3) is 10.8 Å².